The number of ether oxygens (including phenoxy) is 1. The molecule has 184 valence electrons. The van der Waals surface area contributed by atoms with Crippen LogP contribution in [0.1, 0.15) is 59.0 Å². The van der Waals surface area contributed by atoms with E-state index in [9.17, 15) is 18.0 Å². The van der Waals surface area contributed by atoms with Gasteiger partial charge in [0.25, 0.3) is 0 Å². The Morgan fingerprint density at radius 3 is 2.65 bits per heavy atom. The van der Waals surface area contributed by atoms with Crippen molar-refractivity contribution in [2.45, 2.75) is 51.2 Å². The number of carbonyl (C=O) groups is 2. The fraction of sp³-hybridized carbons (Fsp3) is 0.500. The maximum atomic E-state index is 13.1. The van der Waals surface area contributed by atoms with Crippen LogP contribution >= 0.6 is 22.9 Å². The standard InChI is InChI=1S/C24H29ClN2O5S2/c1-2-32-24(29)21-19-8-3-4-9-20(19)33-23(21)26-22(28)17-10-12-27(13-11-17)34(30,31)15-16-6-5-7-18(25)14-16/h5-7,14,17H,2-4,8-13,15H2,1H3,(H,26,28). The fourth-order valence-electron chi connectivity index (χ4n) is 4.61. The molecular weight excluding hydrogens is 496 g/mol. The van der Waals surface area contributed by atoms with E-state index >= 15 is 0 Å². The molecule has 2 aliphatic rings. The highest BCUT2D eigenvalue weighted by Gasteiger charge is 2.33. The van der Waals surface area contributed by atoms with Gasteiger partial charge in [-0.25, -0.2) is 17.5 Å². The Morgan fingerprint density at radius 2 is 1.94 bits per heavy atom. The molecule has 1 aromatic heterocycles. The van der Waals surface area contributed by atoms with Crippen molar-refractivity contribution in [3.8, 4) is 0 Å². The van der Waals surface area contributed by atoms with Crippen LogP contribution in [0.2, 0.25) is 5.02 Å². The number of halogens is 1. The highest BCUT2D eigenvalue weighted by molar-refractivity contribution is 7.88. The van der Waals surface area contributed by atoms with Crippen molar-refractivity contribution in [1.82, 2.24) is 4.31 Å². The van der Waals surface area contributed by atoms with Gasteiger partial charge in [-0.1, -0.05) is 23.7 Å². The van der Waals surface area contributed by atoms with E-state index in [1.165, 1.54) is 15.6 Å². The van der Waals surface area contributed by atoms with Crippen molar-refractivity contribution in [1.29, 1.82) is 0 Å². The Kier molecular flexibility index (Phi) is 7.97. The average Bonchev–Trinajstić information content (AvgIpc) is 3.17. The molecule has 1 aliphatic carbocycles. The van der Waals surface area contributed by atoms with Crippen LogP contribution in [0.25, 0.3) is 0 Å². The number of hydrogen-bond acceptors (Lipinski definition) is 6. The third kappa shape index (κ3) is 5.64. The first-order chi connectivity index (χ1) is 16.3. The first kappa shape index (κ1) is 25.2. The summed E-state index contributed by atoms with van der Waals surface area (Å²) in [4.78, 5) is 26.8. The number of amides is 1. The Hall–Kier alpha value is -1.94. The van der Waals surface area contributed by atoms with Crippen LogP contribution in [-0.4, -0.2) is 44.3 Å². The third-order valence-corrected chi connectivity index (χ3v) is 9.64. The second kappa shape index (κ2) is 10.8. The normalized spacial score (nSPS) is 17.2. The van der Waals surface area contributed by atoms with Crippen molar-refractivity contribution >= 4 is 49.8 Å². The van der Waals surface area contributed by atoms with Crippen molar-refractivity contribution in [2.24, 2.45) is 5.92 Å². The molecule has 0 unspecified atom stereocenters. The van der Waals surface area contributed by atoms with Gasteiger partial charge in [-0.15, -0.1) is 11.3 Å². The zero-order chi connectivity index (χ0) is 24.3. The Bertz CT molecular complexity index is 1170. The Balaban J connectivity index is 1.40. The zero-order valence-corrected chi connectivity index (χ0v) is 21.5. The number of thiophene rings is 1. The number of nitrogens with one attached hydrogen (secondary N) is 1. The molecule has 0 saturated carbocycles. The minimum absolute atomic E-state index is 0.117. The van der Waals surface area contributed by atoms with E-state index in [1.54, 1.807) is 31.2 Å². The lowest BCUT2D eigenvalue weighted by Crippen LogP contribution is -2.41. The highest BCUT2D eigenvalue weighted by atomic mass is 35.5. The molecule has 10 heteroatoms. The molecule has 0 radical (unpaired) electrons. The molecule has 2 aromatic rings. The van der Waals surface area contributed by atoms with Crippen LogP contribution in [-0.2, 0) is 38.1 Å². The van der Waals surface area contributed by atoms with Crippen LogP contribution in [0.5, 0.6) is 0 Å². The number of hydrogen-bond donors (Lipinski definition) is 1. The molecule has 1 aliphatic heterocycles. The van der Waals surface area contributed by atoms with Crippen molar-refractivity contribution in [3.05, 3.63) is 50.9 Å². The lowest BCUT2D eigenvalue weighted by Gasteiger charge is -2.30. The van der Waals surface area contributed by atoms with Gasteiger partial charge in [0.05, 0.1) is 17.9 Å². The minimum Gasteiger partial charge on any atom is -0.462 e. The van der Waals surface area contributed by atoms with Crippen molar-refractivity contribution in [3.63, 3.8) is 0 Å². The predicted octanol–water partition coefficient (Wildman–Crippen LogP) is 4.64. The molecule has 1 fully saturated rings. The van der Waals surface area contributed by atoms with E-state index in [2.05, 4.69) is 5.32 Å². The van der Waals surface area contributed by atoms with Crippen LogP contribution < -0.4 is 5.32 Å². The number of esters is 1. The second-order valence-corrected chi connectivity index (χ2v) is 12.2. The number of benzene rings is 1. The summed E-state index contributed by atoms with van der Waals surface area (Å²) in [5, 5.41) is 4.03. The number of sulfonamides is 1. The van der Waals surface area contributed by atoms with Gasteiger partial charge in [0.15, 0.2) is 0 Å². The molecule has 34 heavy (non-hydrogen) atoms. The van der Waals surface area contributed by atoms with E-state index in [0.29, 0.717) is 34.0 Å². The number of fused-ring (bicyclic) bond motifs is 1. The molecule has 1 saturated heterocycles. The van der Waals surface area contributed by atoms with Crippen LogP contribution in [0.4, 0.5) is 5.00 Å². The zero-order valence-electron chi connectivity index (χ0n) is 19.1. The van der Waals surface area contributed by atoms with Gasteiger partial charge in [-0.05, 0) is 68.7 Å². The van der Waals surface area contributed by atoms with Gasteiger partial charge >= 0.3 is 5.97 Å². The molecule has 7 nitrogen and oxygen atoms in total. The van der Waals surface area contributed by atoms with Gasteiger partial charge in [0, 0.05) is 28.9 Å². The summed E-state index contributed by atoms with van der Waals surface area (Å²) in [5.74, 6) is -0.990. The van der Waals surface area contributed by atoms with E-state index in [1.807, 2.05) is 0 Å². The predicted molar refractivity (Wildman–Crippen MR) is 134 cm³/mol. The van der Waals surface area contributed by atoms with E-state index in [-0.39, 0.29) is 43.2 Å². The SMILES string of the molecule is CCOC(=O)c1c(NC(=O)C2CCN(S(=O)(=O)Cc3cccc(Cl)c3)CC2)sc2c1CCCC2. The molecular formula is C24H29ClN2O5S2. The molecule has 2 heterocycles. The number of carbonyl (C=O) groups excluding carboxylic acids is 2. The lowest BCUT2D eigenvalue weighted by atomic mass is 9.95. The fourth-order valence-corrected chi connectivity index (χ4v) is 7.66. The van der Waals surface area contributed by atoms with E-state index < -0.39 is 10.0 Å². The van der Waals surface area contributed by atoms with Gasteiger partial charge in [0.2, 0.25) is 15.9 Å². The van der Waals surface area contributed by atoms with Crippen LogP contribution in [0, 0.1) is 5.92 Å². The van der Waals surface area contributed by atoms with Gasteiger partial charge in [0.1, 0.15) is 5.00 Å². The number of nitrogens with zero attached hydrogens (tertiary/aromatic N) is 1. The summed E-state index contributed by atoms with van der Waals surface area (Å²) in [6.45, 7) is 2.61. The molecule has 0 spiro atoms. The van der Waals surface area contributed by atoms with Crippen molar-refractivity contribution in [2.75, 3.05) is 25.0 Å². The summed E-state index contributed by atoms with van der Waals surface area (Å²) < 4.78 is 32.4. The highest BCUT2D eigenvalue weighted by Crippen LogP contribution is 2.39. The van der Waals surface area contributed by atoms with Gasteiger partial charge in [-0.2, -0.15) is 0 Å². The summed E-state index contributed by atoms with van der Waals surface area (Å²) in [6.07, 6.45) is 4.68. The monoisotopic (exact) mass is 524 g/mol. The molecule has 4 rings (SSSR count). The largest absolute Gasteiger partial charge is 0.462 e. The Morgan fingerprint density at radius 1 is 1.21 bits per heavy atom. The van der Waals surface area contributed by atoms with Crippen LogP contribution in [0.15, 0.2) is 24.3 Å². The second-order valence-electron chi connectivity index (χ2n) is 8.68. The maximum absolute atomic E-state index is 13.1. The van der Waals surface area contributed by atoms with E-state index in [0.717, 1.165) is 36.1 Å². The molecule has 0 bridgehead atoms. The summed E-state index contributed by atoms with van der Waals surface area (Å²) in [7, 11) is -3.50. The number of piperidine rings is 1. The average molecular weight is 525 g/mol. The van der Waals surface area contributed by atoms with E-state index in [4.69, 9.17) is 16.3 Å². The van der Waals surface area contributed by atoms with Crippen LogP contribution in [0.3, 0.4) is 0 Å². The topological polar surface area (TPSA) is 92.8 Å². The number of anilines is 1. The van der Waals surface area contributed by atoms with Crippen molar-refractivity contribution < 1.29 is 22.7 Å². The maximum Gasteiger partial charge on any atom is 0.341 e. The summed E-state index contributed by atoms with van der Waals surface area (Å²) >= 11 is 7.45. The summed E-state index contributed by atoms with van der Waals surface area (Å²) in [6, 6.07) is 6.84. The Labute approximate surface area is 209 Å². The smallest absolute Gasteiger partial charge is 0.341 e. The molecule has 1 N–H and O–H groups in total. The first-order valence-electron chi connectivity index (χ1n) is 11.6. The first-order valence-corrected chi connectivity index (χ1v) is 14.4. The lowest BCUT2D eigenvalue weighted by molar-refractivity contribution is -0.120. The molecule has 0 atom stereocenters. The quantitative estimate of drug-likeness (QED) is 0.533. The van der Waals surface area contributed by atoms with Gasteiger partial charge < -0.3 is 10.1 Å². The van der Waals surface area contributed by atoms with Gasteiger partial charge in [-0.3, -0.25) is 4.79 Å². The molecule has 1 amide bonds. The third-order valence-electron chi connectivity index (χ3n) is 6.34. The number of aryl methyl sites for hydroxylation is 1. The molecule has 1 aromatic carbocycles. The minimum atomic E-state index is -3.50. The number of rotatable bonds is 7. The summed E-state index contributed by atoms with van der Waals surface area (Å²) in [5.41, 5.74) is 2.14.